The standard InChI is InChI=1S/C15H21NOSi/c1-15(2,3)18(4,5)17-14-11-10-12-8-6-7-9-13(12)16-14/h6-11H,1-5H3. The van der Waals surface area contributed by atoms with E-state index < -0.39 is 8.32 Å². The molecule has 0 atom stereocenters. The molecule has 1 aromatic heterocycles. The average Bonchev–Trinajstić information content (AvgIpc) is 2.27. The molecule has 2 aromatic rings. The third kappa shape index (κ3) is 2.56. The lowest BCUT2D eigenvalue weighted by molar-refractivity contribution is 0.478. The van der Waals surface area contributed by atoms with Gasteiger partial charge in [-0.15, -0.1) is 0 Å². The summed E-state index contributed by atoms with van der Waals surface area (Å²) in [5.74, 6) is 0.750. The first kappa shape index (κ1) is 13.1. The summed E-state index contributed by atoms with van der Waals surface area (Å²) in [5.41, 5.74) is 0.994. The first-order valence-electron chi connectivity index (χ1n) is 6.34. The topological polar surface area (TPSA) is 22.1 Å². The largest absolute Gasteiger partial charge is 0.531 e. The summed E-state index contributed by atoms with van der Waals surface area (Å²) in [4.78, 5) is 4.59. The number of aromatic nitrogens is 1. The van der Waals surface area contributed by atoms with Crippen molar-refractivity contribution in [1.29, 1.82) is 0 Å². The second-order valence-electron chi connectivity index (χ2n) is 6.20. The fourth-order valence-electron chi connectivity index (χ4n) is 1.52. The van der Waals surface area contributed by atoms with Crippen molar-refractivity contribution in [3.05, 3.63) is 36.4 Å². The summed E-state index contributed by atoms with van der Waals surface area (Å²) < 4.78 is 6.20. The van der Waals surface area contributed by atoms with E-state index in [1.54, 1.807) is 0 Å². The molecule has 0 bridgehead atoms. The maximum atomic E-state index is 6.20. The van der Waals surface area contributed by atoms with Crippen LogP contribution in [-0.4, -0.2) is 13.3 Å². The molecule has 0 unspecified atom stereocenters. The Morgan fingerprint density at radius 3 is 2.33 bits per heavy atom. The van der Waals surface area contributed by atoms with E-state index >= 15 is 0 Å². The van der Waals surface area contributed by atoms with E-state index in [2.05, 4.69) is 51.0 Å². The monoisotopic (exact) mass is 259 g/mol. The zero-order valence-corrected chi connectivity index (χ0v) is 12.8. The number of pyridine rings is 1. The molecule has 0 fully saturated rings. The van der Waals surface area contributed by atoms with Crippen molar-refractivity contribution in [2.45, 2.75) is 38.9 Å². The van der Waals surface area contributed by atoms with Crippen LogP contribution in [-0.2, 0) is 0 Å². The molecule has 0 N–H and O–H groups in total. The van der Waals surface area contributed by atoms with E-state index in [1.807, 2.05) is 24.3 Å². The second-order valence-corrected chi connectivity index (χ2v) is 10.9. The minimum Gasteiger partial charge on any atom is -0.531 e. The third-order valence-corrected chi connectivity index (χ3v) is 8.07. The fraction of sp³-hybridized carbons (Fsp3) is 0.400. The molecule has 0 spiro atoms. The maximum Gasteiger partial charge on any atom is 0.252 e. The van der Waals surface area contributed by atoms with Gasteiger partial charge >= 0.3 is 0 Å². The van der Waals surface area contributed by atoms with Crippen molar-refractivity contribution < 1.29 is 4.43 Å². The van der Waals surface area contributed by atoms with E-state index in [-0.39, 0.29) is 5.04 Å². The van der Waals surface area contributed by atoms with Crippen molar-refractivity contribution >= 4 is 19.2 Å². The minimum absolute atomic E-state index is 0.195. The average molecular weight is 259 g/mol. The molecule has 0 aliphatic rings. The van der Waals surface area contributed by atoms with Gasteiger partial charge in [0, 0.05) is 5.39 Å². The minimum atomic E-state index is -1.80. The molecule has 0 saturated heterocycles. The van der Waals surface area contributed by atoms with E-state index in [1.165, 1.54) is 0 Å². The predicted molar refractivity (Wildman–Crippen MR) is 79.6 cm³/mol. The molecule has 0 amide bonds. The first-order chi connectivity index (χ1) is 8.29. The molecule has 1 heterocycles. The second kappa shape index (κ2) is 4.39. The van der Waals surface area contributed by atoms with Crippen LogP contribution in [0.1, 0.15) is 20.8 Å². The van der Waals surface area contributed by atoms with Crippen LogP contribution in [0.25, 0.3) is 10.9 Å². The molecule has 96 valence electrons. The van der Waals surface area contributed by atoms with Crippen molar-refractivity contribution in [3.63, 3.8) is 0 Å². The maximum absolute atomic E-state index is 6.20. The van der Waals surface area contributed by atoms with Crippen LogP contribution >= 0.6 is 0 Å². The highest BCUT2D eigenvalue weighted by Crippen LogP contribution is 2.37. The Morgan fingerprint density at radius 2 is 1.67 bits per heavy atom. The van der Waals surface area contributed by atoms with Gasteiger partial charge in [0.25, 0.3) is 8.32 Å². The molecule has 0 radical (unpaired) electrons. The van der Waals surface area contributed by atoms with Gasteiger partial charge in [0.15, 0.2) is 5.88 Å². The van der Waals surface area contributed by atoms with Crippen molar-refractivity contribution in [3.8, 4) is 5.88 Å². The molecule has 2 rings (SSSR count). The van der Waals surface area contributed by atoms with Gasteiger partial charge in [0.2, 0.25) is 0 Å². The Kier molecular flexibility index (Phi) is 3.19. The molecule has 18 heavy (non-hydrogen) atoms. The third-order valence-electron chi connectivity index (χ3n) is 3.74. The highest BCUT2D eigenvalue weighted by Gasteiger charge is 2.39. The summed E-state index contributed by atoms with van der Waals surface area (Å²) in [5, 5.41) is 1.35. The smallest absolute Gasteiger partial charge is 0.252 e. The van der Waals surface area contributed by atoms with Crippen LogP contribution in [0.5, 0.6) is 5.88 Å². The zero-order chi connectivity index (χ0) is 13.4. The van der Waals surface area contributed by atoms with Crippen LogP contribution in [0.3, 0.4) is 0 Å². The van der Waals surface area contributed by atoms with Crippen LogP contribution < -0.4 is 4.43 Å². The Bertz CT molecular complexity index is 558. The number of rotatable bonds is 2. The summed E-state index contributed by atoms with van der Waals surface area (Å²) in [6.45, 7) is 11.2. The van der Waals surface area contributed by atoms with Gasteiger partial charge < -0.3 is 4.43 Å². The van der Waals surface area contributed by atoms with Gasteiger partial charge in [-0.1, -0.05) is 39.0 Å². The van der Waals surface area contributed by atoms with Gasteiger partial charge in [0.1, 0.15) is 0 Å². The van der Waals surface area contributed by atoms with Gasteiger partial charge in [-0.25, -0.2) is 4.98 Å². The van der Waals surface area contributed by atoms with Gasteiger partial charge in [-0.3, -0.25) is 0 Å². The molecule has 0 aliphatic heterocycles. The fourth-order valence-corrected chi connectivity index (χ4v) is 2.46. The number of nitrogens with zero attached hydrogens (tertiary/aromatic N) is 1. The van der Waals surface area contributed by atoms with Gasteiger partial charge in [-0.2, -0.15) is 0 Å². The predicted octanol–water partition coefficient (Wildman–Crippen LogP) is 4.62. The van der Waals surface area contributed by atoms with Crippen LogP contribution in [0.2, 0.25) is 18.1 Å². The number of benzene rings is 1. The Hall–Kier alpha value is -1.35. The lowest BCUT2D eigenvalue weighted by atomic mass is 10.2. The van der Waals surface area contributed by atoms with Gasteiger partial charge in [-0.05, 0) is 36.3 Å². The van der Waals surface area contributed by atoms with Crippen LogP contribution in [0, 0.1) is 0 Å². The number of hydrogen-bond donors (Lipinski definition) is 0. The molecule has 3 heteroatoms. The molecular formula is C15H21NOSi. The van der Waals surface area contributed by atoms with E-state index in [0.29, 0.717) is 0 Å². The number of para-hydroxylation sites is 1. The van der Waals surface area contributed by atoms with Crippen molar-refractivity contribution in [1.82, 2.24) is 4.98 Å². The summed E-state index contributed by atoms with van der Waals surface area (Å²) in [7, 11) is -1.80. The highest BCUT2D eigenvalue weighted by molar-refractivity contribution is 6.74. The molecule has 2 nitrogen and oxygen atoms in total. The van der Waals surface area contributed by atoms with Gasteiger partial charge in [0.05, 0.1) is 5.52 Å². The SMILES string of the molecule is CC(C)(C)[Si](C)(C)Oc1ccc2ccccc2n1. The molecular weight excluding hydrogens is 238 g/mol. The van der Waals surface area contributed by atoms with Crippen molar-refractivity contribution in [2.75, 3.05) is 0 Å². The Labute approximate surface area is 110 Å². The van der Waals surface area contributed by atoms with Crippen LogP contribution in [0.4, 0.5) is 0 Å². The Morgan fingerprint density at radius 1 is 1.00 bits per heavy atom. The molecule has 0 aliphatic carbocycles. The number of hydrogen-bond acceptors (Lipinski definition) is 2. The quantitative estimate of drug-likeness (QED) is 0.734. The summed E-state index contributed by atoms with van der Waals surface area (Å²) in [6.07, 6.45) is 0. The molecule has 1 aromatic carbocycles. The number of fused-ring (bicyclic) bond motifs is 1. The highest BCUT2D eigenvalue weighted by atomic mass is 28.4. The first-order valence-corrected chi connectivity index (χ1v) is 9.25. The van der Waals surface area contributed by atoms with E-state index in [0.717, 1.165) is 16.8 Å². The van der Waals surface area contributed by atoms with Crippen LogP contribution in [0.15, 0.2) is 36.4 Å². The lowest BCUT2D eigenvalue weighted by Gasteiger charge is -2.35. The normalized spacial score (nSPS) is 12.7. The zero-order valence-electron chi connectivity index (χ0n) is 11.8. The summed E-state index contributed by atoms with van der Waals surface area (Å²) >= 11 is 0. The Balaban J connectivity index is 2.33. The van der Waals surface area contributed by atoms with E-state index in [4.69, 9.17) is 4.43 Å². The molecule has 0 saturated carbocycles. The summed E-state index contributed by atoms with van der Waals surface area (Å²) in [6, 6.07) is 12.2. The lowest BCUT2D eigenvalue weighted by Crippen LogP contribution is -2.44. The van der Waals surface area contributed by atoms with E-state index in [9.17, 15) is 0 Å². The van der Waals surface area contributed by atoms with Crippen molar-refractivity contribution in [2.24, 2.45) is 0 Å².